The van der Waals surface area contributed by atoms with E-state index >= 15 is 0 Å². The van der Waals surface area contributed by atoms with Gasteiger partial charge in [-0.25, -0.2) is 9.59 Å². The molecular formula is C13H14O4. The molecule has 0 saturated heterocycles. The van der Waals surface area contributed by atoms with Gasteiger partial charge in [0.25, 0.3) is 0 Å². The predicted octanol–water partition coefficient (Wildman–Crippen LogP) is 2.34. The third kappa shape index (κ3) is 3.75. The summed E-state index contributed by atoms with van der Waals surface area (Å²) in [7, 11) is 0. The van der Waals surface area contributed by atoms with Crippen LogP contribution in [0.25, 0.3) is 0 Å². The van der Waals surface area contributed by atoms with E-state index in [1.165, 1.54) is 6.07 Å². The van der Waals surface area contributed by atoms with Crippen LogP contribution >= 0.6 is 0 Å². The van der Waals surface area contributed by atoms with Gasteiger partial charge in [0.2, 0.25) is 0 Å². The van der Waals surface area contributed by atoms with E-state index in [4.69, 9.17) is 9.47 Å². The van der Waals surface area contributed by atoms with E-state index in [0.717, 1.165) is 0 Å². The second kappa shape index (κ2) is 5.84. The van der Waals surface area contributed by atoms with Gasteiger partial charge in [-0.05, 0) is 32.0 Å². The largest absolute Gasteiger partial charge is 0.462 e. The first-order valence-corrected chi connectivity index (χ1v) is 5.19. The molecule has 4 heteroatoms. The summed E-state index contributed by atoms with van der Waals surface area (Å²) in [5.41, 5.74) is 0.644. The van der Waals surface area contributed by atoms with Crippen molar-refractivity contribution >= 4 is 11.9 Å². The Morgan fingerprint density at radius 3 is 2.65 bits per heavy atom. The van der Waals surface area contributed by atoms with Crippen LogP contribution in [-0.4, -0.2) is 18.5 Å². The average molecular weight is 234 g/mol. The van der Waals surface area contributed by atoms with Gasteiger partial charge in [0.05, 0.1) is 12.2 Å². The molecule has 0 fully saturated rings. The van der Waals surface area contributed by atoms with Crippen LogP contribution in [-0.2, 0) is 9.53 Å². The van der Waals surface area contributed by atoms with Gasteiger partial charge < -0.3 is 9.47 Å². The fourth-order valence-electron chi connectivity index (χ4n) is 1.10. The molecule has 1 aromatic rings. The Kier molecular flexibility index (Phi) is 4.46. The second-order valence-corrected chi connectivity index (χ2v) is 3.42. The van der Waals surface area contributed by atoms with Crippen LogP contribution < -0.4 is 4.74 Å². The summed E-state index contributed by atoms with van der Waals surface area (Å²) in [6, 6.07) is 6.26. The van der Waals surface area contributed by atoms with Gasteiger partial charge >= 0.3 is 11.9 Å². The van der Waals surface area contributed by atoms with Crippen LogP contribution in [0.15, 0.2) is 36.4 Å². The second-order valence-electron chi connectivity index (χ2n) is 3.42. The topological polar surface area (TPSA) is 52.6 Å². The highest BCUT2D eigenvalue weighted by Crippen LogP contribution is 2.15. The van der Waals surface area contributed by atoms with Gasteiger partial charge in [0.15, 0.2) is 0 Å². The minimum Gasteiger partial charge on any atom is -0.462 e. The normalized spacial score (nSPS) is 9.53. The highest BCUT2D eigenvalue weighted by molar-refractivity contribution is 5.91. The zero-order valence-electron chi connectivity index (χ0n) is 9.86. The molecule has 0 atom stereocenters. The van der Waals surface area contributed by atoms with Crippen LogP contribution in [0.5, 0.6) is 5.75 Å². The molecule has 0 aliphatic rings. The Hall–Kier alpha value is -2.10. The number of benzene rings is 1. The summed E-state index contributed by atoms with van der Waals surface area (Å²) in [5.74, 6) is -0.671. The lowest BCUT2D eigenvalue weighted by Gasteiger charge is -2.05. The number of carbonyl (C=O) groups excluding carboxylic acids is 2. The maximum Gasteiger partial charge on any atom is 0.338 e. The van der Waals surface area contributed by atoms with Gasteiger partial charge in [-0.15, -0.1) is 0 Å². The number of carbonyl (C=O) groups is 2. The number of esters is 2. The Morgan fingerprint density at radius 1 is 1.35 bits per heavy atom. The lowest BCUT2D eigenvalue weighted by Crippen LogP contribution is -2.09. The third-order valence-corrected chi connectivity index (χ3v) is 1.90. The zero-order valence-corrected chi connectivity index (χ0v) is 9.86. The fraction of sp³-hybridized carbons (Fsp3) is 0.231. The SMILES string of the molecule is C=C(C)C(=O)Oc1cccc(C(=O)OCC)c1. The van der Waals surface area contributed by atoms with Gasteiger partial charge in [-0.3, -0.25) is 0 Å². The molecule has 0 aliphatic heterocycles. The fourth-order valence-corrected chi connectivity index (χ4v) is 1.10. The maximum atomic E-state index is 11.4. The lowest BCUT2D eigenvalue weighted by atomic mass is 10.2. The molecule has 90 valence electrons. The standard InChI is InChI=1S/C13H14O4/c1-4-16-13(15)10-6-5-7-11(8-10)17-12(14)9(2)3/h5-8H,2,4H2,1,3H3. The van der Waals surface area contributed by atoms with Crippen LogP contribution in [0.2, 0.25) is 0 Å². The first kappa shape index (κ1) is 13.0. The average Bonchev–Trinajstić information content (AvgIpc) is 2.29. The minimum absolute atomic E-state index is 0.295. The molecule has 0 aliphatic carbocycles. The lowest BCUT2D eigenvalue weighted by molar-refractivity contribution is -0.130. The molecular weight excluding hydrogens is 220 g/mol. The van der Waals surface area contributed by atoms with Crippen LogP contribution in [0.3, 0.4) is 0 Å². The predicted molar refractivity (Wildman–Crippen MR) is 62.8 cm³/mol. The number of ether oxygens (including phenoxy) is 2. The minimum atomic E-state index is -0.522. The van der Waals surface area contributed by atoms with Crippen molar-refractivity contribution in [3.05, 3.63) is 42.0 Å². The Morgan fingerprint density at radius 2 is 2.06 bits per heavy atom. The highest BCUT2D eigenvalue weighted by atomic mass is 16.5. The first-order chi connectivity index (χ1) is 8.04. The summed E-state index contributed by atoms with van der Waals surface area (Å²) in [5, 5.41) is 0. The molecule has 4 nitrogen and oxygen atoms in total. The van der Waals surface area contributed by atoms with E-state index in [-0.39, 0.29) is 0 Å². The molecule has 0 N–H and O–H groups in total. The molecule has 0 radical (unpaired) electrons. The van der Waals surface area contributed by atoms with Crippen molar-refractivity contribution in [2.75, 3.05) is 6.61 Å². The Balaban J connectivity index is 2.82. The monoisotopic (exact) mass is 234 g/mol. The van der Waals surface area contributed by atoms with Gasteiger partial charge in [-0.1, -0.05) is 12.6 Å². The van der Waals surface area contributed by atoms with E-state index in [2.05, 4.69) is 6.58 Å². The van der Waals surface area contributed by atoms with Crippen molar-refractivity contribution in [1.29, 1.82) is 0 Å². The molecule has 17 heavy (non-hydrogen) atoms. The van der Waals surface area contributed by atoms with Crippen molar-refractivity contribution in [3.8, 4) is 5.75 Å². The summed E-state index contributed by atoms with van der Waals surface area (Å²) >= 11 is 0. The molecule has 0 saturated carbocycles. The smallest absolute Gasteiger partial charge is 0.338 e. The molecule has 0 heterocycles. The van der Waals surface area contributed by atoms with E-state index in [1.807, 2.05) is 0 Å². The van der Waals surface area contributed by atoms with Gasteiger partial charge in [0.1, 0.15) is 5.75 Å². The highest BCUT2D eigenvalue weighted by Gasteiger charge is 2.10. The Bertz CT molecular complexity index is 448. The number of hydrogen-bond acceptors (Lipinski definition) is 4. The quantitative estimate of drug-likeness (QED) is 0.456. The van der Waals surface area contributed by atoms with Crippen LogP contribution in [0.4, 0.5) is 0 Å². The molecule has 0 spiro atoms. The number of hydrogen-bond donors (Lipinski definition) is 0. The van der Waals surface area contributed by atoms with E-state index in [1.54, 1.807) is 32.0 Å². The third-order valence-electron chi connectivity index (χ3n) is 1.90. The number of rotatable bonds is 4. The van der Waals surface area contributed by atoms with E-state index in [0.29, 0.717) is 23.5 Å². The van der Waals surface area contributed by atoms with Crippen molar-refractivity contribution in [2.24, 2.45) is 0 Å². The van der Waals surface area contributed by atoms with Crippen molar-refractivity contribution < 1.29 is 19.1 Å². The van der Waals surface area contributed by atoms with E-state index < -0.39 is 11.9 Å². The van der Waals surface area contributed by atoms with Gasteiger partial charge in [-0.2, -0.15) is 0 Å². The van der Waals surface area contributed by atoms with Crippen LogP contribution in [0, 0.1) is 0 Å². The summed E-state index contributed by atoms with van der Waals surface area (Å²) in [6.45, 7) is 7.05. The van der Waals surface area contributed by atoms with Crippen LogP contribution in [0.1, 0.15) is 24.2 Å². The maximum absolute atomic E-state index is 11.4. The van der Waals surface area contributed by atoms with E-state index in [9.17, 15) is 9.59 Å². The first-order valence-electron chi connectivity index (χ1n) is 5.19. The molecule has 1 rings (SSSR count). The molecule has 0 aromatic heterocycles. The van der Waals surface area contributed by atoms with Gasteiger partial charge in [0, 0.05) is 5.57 Å². The summed E-state index contributed by atoms with van der Waals surface area (Å²) in [6.07, 6.45) is 0. The molecule has 1 aromatic carbocycles. The van der Waals surface area contributed by atoms with Crippen molar-refractivity contribution in [2.45, 2.75) is 13.8 Å². The zero-order chi connectivity index (χ0) is 12.8. The van der Waals surface area contributed by atoms with Crippen molar-refractivity contribution in [1.82, 2.24) is 0 Å². The molecule has 0 bridgehead atoms. The summed E-state index contributed by atoms with van der Waals surface area (Å²) < 4.78 is 9.84. The Labute approximate surface area is 99.8 Å². The summed E-state index contributed by atoms with van der Waals surface area (Å²) in [4.78, 5) is 22.7. The molecule has 0 amide bonds. The molecule has 0 unspecified atom stereocenters. The van der Waals surface area contributed by atoms with Crippen molar-refractivity contribution in [3.63, 3.8) is 0 Å².